The first-order valence-electron chi connectivity index (χ1n) is 8.18. The maximum Gasteiger partial charge on any atom is 0.287 e. The molecule has 0 fully saturated rings. The third kappa shape index (κ3) is 3.33. The van der Waals surface area contributed by atoms with Gasteiger partial charge in [-0.1, -0.05) is 48.5 Å². The van der Waals surface area contributed by atoms with E-state index in [1.165, 1.54) is 5.39 Å². The Hall–Kier alpha value is -3.27. The molecule has 0 spiro atoms. The minimum absolute atomic E-state index is 0.238. The van der Waals surface area contributed by atoms with E-state index < -0.39 is 0 Å². The van der Waals surface area contributed by atoms with Gasteiger partial charge in [-0.15, -0.1) is 0 Å². The summed E-state index contributed by atoms with van der Waals surface area (Å²) in [5, 5.41) is 6.03. The molecule has 4 heteroatoms. The van der Waals surface area contributed by atoms with Gasteiger partial charge in [-0.2, -0.15) is 0 Å². The predicted molar refractivity (Wildman–Crippen MR) is 98.0 cm³/mol. The Balaban J connectivity index is 1.33. The number of para-hydroxylation sites is 1. The molecule has 25 heavy (non-hydrogen) atoms. The lowest BCUT2D eigenvalue weighted by atomic mass is 10.1. The van der Waals surface area contributed by atoms with Crippen LogP contribution in [0.25, 0.3) is 21.7 Å². The Labute approximate surface area is 145 Å². The molecule has 0 bridgehead atoms. The summed E-state index contributed by atoms with van der Waals surface area (Å²) in [4.78, 5) is 12.1. The molecule has 0 radical (unpaired) electrons. The fourth-order valence-corrected chi connectivity index (χ4v) is 2.77. The maximum atomic E-state index is 12.1. The van der Waals surface area contributed by atoms with Crippen LogP contribution in [0.15, 0.2) is 77.2 Å². The van der Waals surface area contributed by atoms with Crippen LogP contribution in [0.1, 0.15) is 10.6 Å². The molecule has 0 aliphatic carbocycles. The number of furan rings is 1. The predicted octanol–water partition coefficient (Wildman–Crippen LogP) is 4.39. The first-order valence-corrected chi connectivity index (χ1v) is 8.18. The SMILES string of the molecule is O=C(NCCOc1ccc2ccccc2c1)c1cc2ccccc2o1. The number of fused-ring (bicyclic) bond motifs is 2. The fourth-order valence-electron chi connectivity index (χ4n) is 2.77. The average molecular weight is 331 g/mol. The van der Waals surface area contributed by atoms with E-state index in [-0.39, 0.29) is 5.91 Å². The molecule has 4 rings (SSSR count). The van der Waals surface area contributed by atoms with E-state index in [2.05, 4.69) is 11.4 Å². The van der Waals surface area contributed by atoms with Crippen molar-refractivity contribution in [2.24, 2.45) is 0 Å². The van der Waals surface area contributed by atoms with Gasteiger partial charge in [0.2, 0.25) is 0 Å². The van der Waals surface area contributed by atoms with Crippen LogP contribution in [0.3, 0.4) is 0 Å². The molecule has 4 nitrogen and oxygen atoms in total. The second-order valence-corrected chi connectivity index (χ2v) is 5.76. The zero-order valence-electron chi connectivity index (χ0n) is 13.6. The molecule has 4 aromatic rings. The van der Waals surface area contributed by atoms with Gasteiger partial charge in [0.05, 0.1) is 6.54 Å². The lowest BCUT2D eigenvalue weighted by Crippen LogP contribution is -2.27. The average Bonchev–Trinajstić information content (AvgIpc) is 3.09. The first-order chi connectivity index (χ1) is 12.3. The van der Waals surface area contributed by atoms with Gasteiger partial charge in [0, 0.05) is 5.39 Å². The second-order valence-electron chi connectivity index (χ2n) is 5.76. The second kappa shape index (κ2) is 6.69. The van der Waals surface area contributed by atoms with Gasteiger partial charge in [-0.05, 0) is 35.0 Å². The summed E-state index contributed by atoms with van der Waals surface area (Å²) in [7, 11) is 0. The molecule has 0 atom stereocenters. The largest absolute Gasteiger partial charge is 0.492 e. The van der Waals surface area contributed by atoms with Crippen LogP contribution in [0.5, 0.6) is 5.75 Å². The van der Waals surface area contributed by atoms with Gasteiger partial charge < -0.3 is 14.5 Å². The third-order valence-corrected chi connectivity index (χ3v) is 4.03. The standard InChI is InChI=1S/C21H17NO3/c23-21(20-14-17-7-3-4-8-19(17)25-20)22-11-12-24-18-10-9-15-5-1-2-6-16(15)13-18/h1-10,13-14H,11-12H2,(H,22,23). The van der Waals surface area contributed by atoms with E-state index >= 15 is 0 Å². The zero-order chi connectivity index (χ0) is 17.1. The fraction of sp³-hybridized carbons (Fsp3) is 0.0952. The normalized spacial score (nSPS) is 10.9. The third-order valence-electron chi connectivity index (χ3n) is 4.03. The monoisotopic (exact) mass is 331 g/mol. The molecule has 1 N–H and O–H groups in total. The Morgan fingerprint density at radius 2 is 1.64 bits per heavy atom. The van der Waals surface area contributed by atoms with Crippen molar-refractivity contribution in [3.63, 3.8) is 0 Å². The van der Waals surface area contributed by atoms with E-state index in [0.717, 1.165) is 16.5 Å². The summed E-state index contributed by atoms with van der Waals surface area (Å²) in [6.45, 7) is 0.799. The highest BCUT2D eigenvalue weighted by atomic mass is 16.5. The van der Waals surface area contributed by atoms with E-state index in [0.29, 0.717) is 24.5 Å². The molecule has 0 aliphatic rings. The summed E-state index contributed by atoms with van der Waals surface area (Å²) < 4.78 is 11.3. The van der Waals surface area contributed by atoms with Crippen molar-refractivity contribution >= 4 is 27.6 Å². The van der Waals surface area contributed by atoms with Gasteiger partial charge in [-0.25, -0.2) is 0 Å². The number of hydrogen-bond acceptors (Lipinski definition) is 3. The van der Waals surface area contributed by atoms with Crippen LogP contribution in [0.4, 0.5) is 0 Å². The van der Waals surface area contributed by atoms with Crippen LogP contribution in [0, 0.1) is 0 Å². The van der Waals surface area contributed by atoms with Gasteiger partial charge in [0.25, 0.3) is 5.91 Å². The Bertz CT molecular complexity index is 1000. The highest BCUT2D eigenvalue weighted by Gasteiger charge is 2.11. The Morgan fingerprint density at radius 1 is 0.880 bits per heavy atom. The maximum absolute atomic E-state index is 12.1. The molecule has 124 valence electrons. The van der Waals surface area contributed by atoms with Crippen molar-refractivity contribution in [1.82, 2.24) is 5.32 Å². The lowest BCUT2D eigenvalue weighted by molar-refractivity contribution is 0.0921. The number of carbonyl (C=O) groups excluding carboxylic acids is 1. The number of benzene rings is 3. The molecule has 1 amide bonds. The van der Waals surface area contributed by atoms with Crippen molar-refractivity contribution in [3.05, 3.63) is 78.6 Å². The molecule has 1 heterocycles. The molecular weight excluding hydrogens is 314 g/mol. The quantitative estimate of drug-likeness (QED) is 0.552. The van der Waals surface area contributed by atoms with Gasteiger partial charge >= 0.3 is 0 Å². The van der Waals surface area contributed by atoms with Crippen molar-refractivity contribution in [2.45, 2.75) is 0 Å². The summed E-state index contributed by atoms with van der Waals surface area (Å²) in [6.07, 6.45) is 0. The van der Waals surface area contributed by atoms with E-state index in [1.807, 2.05) is 60.7 Å². The zero-order valence-corrected chi connectivity index (χ0v) is 13.6. The van der Waals surface area contributed by atoms with Crippen molar-refractivity contribution in [1.29, 1.82) is 0 Å². The highest BCUT2D eigenvalue weighted by Crippen LogP contribution is 2.20. The van der Waals surface area contributed by atoms with Crippen LogP contribution in [-0.4, -0.2) is 19.1 Å². The summed E-state index contributed by atoms with van der Waals surface area (Å²) in [5.74, 6) is 0.863. The number of nitrogens with one attached hydrogen (secondary N) is 1. The minimum Gasteiger partial charge on any atom is -0.492 e. The molecule has 0 saturated carbocycles. The van der Waals surface area contributed by atoms with Crippen LogP contribution < -0.4 is 10.1 Å². The van der Waals surface area contributed by atoms with Crippen molar-refractivity contribution < 1.29 is 13.9 Å². The van der Waals surface area contributed by atoms with E-state index in [9.17, 15) is 4.79 Å². The molecule has 0 saturated heterocycles. The molecule has 0 unspecified atom stereocenters. The summed E-state index contributed by atoms with van der Waals surface area (Å²) in [5.41, 5.74) is 0.708. The number of amides is 1. The van der Waals surface area contributed by atoms with Crippen molar-refractivity contribution in [3.8, 4) is 5.75 Å². The molecular formula is C21H17NO3. The molecule has 3 aromatic carbocycles. The van der Waals surface area contributed by atoms with Gasteiger partial charge in [0.1, 0.15) is 17.9 Å². The Morgan fingerprint density at radius 3 is 2.48 bits per heavy atom. The number of hydrogen-bond donors (Lipinski definition) is 1. The topological polar surface area (TPSA) is 51.5 Å². The number of ether oxygens (including phenoxy) is 1. The number of carbonyl (C=O) groups is 1. The van der Waals surface area contributed by atoms with Crippen LogP contribution in [0.2, 0.25) is 0 Å². The number of rotatable bonds is 5. The van der Waals surface area contributed by atoms with E-state index in [1.54, 1.807) is 6.07 Å². The molecule has 0 aliphatic heterocycles. The van der Waals surface area contributed by atoms with Crippen LogP contribution in [-0.2, 0) is 0 Å². The smallest absolute Gasteiger partial charge is 0.287 e. The molecule has 1 aromatic heterocycles. The van der Waals surface area contributed by atoms with Gasteiger partial charge in [0.15, 0.2) is 5.76 Å². The lowest BCUT2D eigenvalue weighted by Gasteiger charge is -2.08. The minimum atomic E-state index is -0.238. The van der Waals surface area contributed by atoms with E-state index in [4.69, 9.17) is 9.15 Å². The summed E-state index contributed by atoms with van der Waals surface area (Å²) >= 11 is 0. The summed E-state index contributed by atoms with van der Waals surface area (Å²) in [6, 6.07) is 23.4. The van der Waals surface area contributed by atoms with Crippen LogP contribution >= 0.6 is 0 Å². The van der Waals surface area contributed by atoms with Gasteiger partial charge in [-0.3, -0.25) is 4.79 Å². The highest BCUT2D eigenvalue weighted by molar-refractivity contribution is 5.96. The first kappa shape index (κ1) is 15.3. The van der Waals surface area contributed by atoms with Crippen molar-refractivity contribution in [2.75, 3.05) is 13.2 Å². The Kier molecular flexibility index (Phi) is 4.09.